The molecule has 0 aliphatic rings. The van der Waals surface area contributed by atoms with Gasteiger partial charge in [-0.25, -0.2) is 0 Å². The summed E-state index contributed by atoms with van der Waals surface area (Å²) in [7, 11) is 0. The van der Waals surface area contributed by atoms with Gasteiger partial charge in [0, 0.05) is 32.7 Å². The first-order valence-electron chi connectivity index (χ1n) is 9.00. The van der Waals surface area contributed by atoms with Crippen LogP contribution in [-0.4, -0.2) is 0 Å². The number of hydrogen-bond acceptors (Lipinski definition) is 0. The van der Waals surface area contributed by atoms with Gasteiger partial charge in [-0.3, -0.25) is 0 Å². The SMILES string of the molecule is C.CC.CC.CC.CC(C)(C)C.CC(C)(C)C.CC(C)(C)C.[Y]. The van der Waals surface area contributed by atoms with E-state index >= 15 is 0 Å². The molecule has 0 atom stereocenters. The summed E-state index contributed by atoms with van der Waals surface area (Å²) in [5.74, 6) is 0. The van der Waals surface area contributed by atoms with Crippen molar-refractivity contribution in [1.29, 1.82) is 0 Å². The fraction of sp³-hybridized carbons (Fsp3) is 1.00. The molecular weight excluding hydrogens is 353 g/mol. The van der Waals surface area contributed by atoms with Crippen LogP contribution in [0.15, 0.2) is 0 Å². The molecule has 0 aromatic heterocycles. The molecule has 0 fully saturated rings. The Morgan fingerprint density at radius 1 is 0.304 bits per heavy atom. The fourth-order valence-electron chi connectivity index (χ4n) is 0. The van der Waals surface area contributed by atoms with Crippen LogP contribution in [0.3, 0.4) is 0 Å². The van der Waals surface area contributed by atoms with Crippen molar-refractivity contribution in [2.24, 2.45) is 16.2 Å². The zero-order valence-electron chi connectivity index (χ0n) is 20.1. The third kappa shape index (κ3) is 8440. The predicted molar refractivity (Wildman–Crippen MR) is 116 cm³/mol. The Bertz CT molecular complexity index is 81.0. The Labute approximate surface area is 180 Å². The van der Waals surface area contributed by atoms with Crippen LogP contribution in [-0.2, 0) is 32.7 Å². The summed E-state index contributed by atoms with van der Waals surface area (Å²) in [6.45, 7) is 38.2. The van der Waals surface area contributed by atoms with Crippen LogP contribution in [0.25, 0.3) is 0 Å². The van der Waals surface area contributed by atoms with Crippen LogP contribution < -0.4 is 0 Å². The first kappa shape index (κ1) is 49.6. The van der Waals surface area contributed by atoms with Crippen molar-refractivity contribution < 1.29 is 32.7 Å². The maximum atomic E-state index is 2.19. The summed E-state index contributed by atoms with van der Waals surface area (Å²) in [5.41, 5.74) is 1.50. The van der Waals surface area contributed by atoms with Crippen molar-refractivity contribution in [2.45, 2.75) is 132 Å². The van der Waals surface area contributed by atoms with Crippen molar-refractivity contribution in [2.75, 3.05) is 0 Å². The third-order valence-corrected chi connectivity index (χ3v) is 0. The van der Waals surface area contributed by atoms with Gasteiger partial charge in [0.25, 0.3) is 0 Å². The number of hydrogen-bond donors (Lipinski definition) is 0. The first-order chi connectivity index (χ1) is 9.00. The van der Waals surface area contributed by atoms with E-state index in [1.54, 1.807) is 0 Å². The zero-order valence-corrected chi connectivity index (χ0v) is 22.9. The molecule has 0 N–H and O–H groups in total. The van der Waals surface area contributed by atoms with E-state index in [0.717, 1.165) is 0 Å². The van der Waals surface area contributed by atoms with Gasteiger partial charge in [0.2, 0.25) is 0 Å². The Balaban J connectivity index is -0.0000000202. The Kier molecular flexibility index (Phi) is 66.7. The van der Waals surface area contributed by atoms with Crippen LogP contribution in [0.4, 0.5) is 0 Å². The fourth-order valence-corrected chi connectivity index (χ4v) is 0. The quantitative estimate of drug-likeness (QED) is 0.372. The van der Waals surface area contributed by atoms with Gasteiger partial charge in [0.15, 0.2) is 0 Å². The maximum absolute atomic E-state index is 2.19. The molecule has 0 aliphatic heterocycles. The summed E-state index contributed by atoms with van der Waals surface area (Å²) in [5, 5.41) is 0. The van der Waals surface area contributed by atoms with Crippen LogP contribution in [0.2, 0.25) is 0 Å². The zero-order chi connectivity index (χ0) is 19.5. The van der Waals surface area contributed by atoms with Crippen molar-refractivity contribution in [1.82, 2.24) is 0 Å². The third-order valence-electron chi connectivity index (χ3n) is 0. The summed E-state index contributed by atoms with van der Waals surface area (Å²) in [6, 6.07) is 0. The second-order valence-electron chi connectivity index (χ2n) is 9.00. The Morgan fingerprint density at radius 2 is 0.304 bits per heavy atom. The van der Waals surface area contributed by atoms with E-state index < -0.39 is 0 Å². The molecule has 0 amide bonds. The molecule has 0 spiro atoms. The summed E-state index contributed by atoms with van der Waals surface area (Å²) in [6.07, 6.45) is 0. The van der Waals surface area contributed by atoms with Gasteiger partial charge in [-0.15, -0.1) is 0 Å². The minimum Gasteiger partial charge on any atom is -0.0776 e. The van der Waals surface area contributed by atoms with Gasteiger partial charge < -0.3 is 0 Å². The second kappa shape index (κ2) is 30.9. The monoisotopic (exact) mass is 411 g/mol. The average molecular weight is 412 g/mol. The van der Waals surface area contributed by atoms with Crippen molar-refractivity contribution in [3.8, 4) is 0 Å². The van der Waals surface area contributed by atoms with E-state index in [2.05, 4.69) is 83.1 Å². The Morgan fingerprint density at radius 3 is 0.304 bits per heavy atom. The molecule has 1 radical (unpaired) electrons. The second-order valence-corrected chi connectivity index (χ2v) is 9.00. The average Bonchev–Trinajstić information content (AvgIpc) is 2.18. The van der Waals surface area contributed by atoms with E-state index in [9.17, 15) is 0 Å². The molecule has 1 heteroatoms. The van der Waals surface area contributed by atoms with E-state index in [0.29, 0.717) is 16.2 Å². The van der Waals surface area contributed by atoms with Crippen molar-refractivity contribution in [3.63, 3.8) is 0 Å². The van der Waals surface area contributed by atoms with Gasteiger partial charge in [-0.1, -0.05) is 132 Å². The molecule has 23 heavy (non-hydrogen) atoms. The molecule has 0 bridgehead atoms. The molecule has 0 aromatic carbocycles. The first-order valence-corrected chi connectivity index (χ1v) is 9.00. The molecule has 0 aromatic rings. The molecule has 149 valence electrons. The van der Waals surface area contributed by atoms with Gasteiger partial charge in [0.05, 0.1) is 0 Å². The minimum atomic E-state index is 0. The largest absolute Gasteiger partial charge is 0.0776 e. The molecule has 0 saturated carbocycles. The van der Waals surface area contributed by atoms with Crippen LogP contribution in [0.5, 0.6) is 0 Å². The molecule has 0 heterocycles. The van der Waals surface area contributed by atoms with Crippen LogP contribution >= 0.6 is 0 Å². The molecular formula is C22H58Y. The van der Waals surface area contributed by atoms with Crippen molar-refractivity contribution in [3.05, 3.63) is 0 Å². The topological polar surface area (TPSA) is 0 Å². The maximum Gasteiger partial charge on any atom is 0 e. The van der Waals surface area contributed by atoms with E-state index in [-0.39, 0.29) is 40.1 Å². The van der Waals surface area contributed by atoms with Crippen LogP contribution in [0, 0.1) is 16.2 Å². The Hall–Kier alpha value is 1.10. The summed E-state index contributed by atoms with van der Waals surface area (Å²) < 4.78 is 0. The van der Waals surface area contributed by atoms with Gasteiger partial charge in [-0.2, -0.15) is 0 Å². The van der Waals surface area contributed by atoms with Crippen LogP contribution in [0.1, 0.15) is 132 Å². The molecule has 0 rings (SSSR count). The van der Waals surface area contributed by atoms with Gasteiger partial charge in [-0.05, 0) is 16.2 Å². The van der Waals surface area contributed by atoms with E-state index in [1.807, 2.05) is 41.5 Å². The number of rotatable bonds is 0. The van der Waals surface area contributed by atoms with E-state index in [1.165, 1.54) is 0 Å². The van der Waals surface area contributed by atoms with Gasteiger partial charge >= 0.3 is 0 Å². The molecule has 0 nitrogen and oxygen atoms in total. The summed E-state index contributed by atoms with van der Waals surface area (Å²) >= 11 is 0. The molecule has 0 aliphatic carbocycles. The van der Waals surface area contributed by atoms with E-state index in [4.69, 9.17) is 0 Å². The standard InChI is InChI=1S/3C5H12.3C2H6.CH4.Y/c3*1-5(2,3)4;3*1-2;;/h3*1-4H3;3*1-2H3;1H4;. The smallest absolute Gasteiger partial charge is 0 e. The predicted octanol–water partition coefficient (Wildman–Crippen LogP) is 9.87. The van der Waals surface area contributed by atoms with Gasteiger partial charge in [0.1, 0.15) is 0 Å². The normalized spacial score (nSPS) is 8.61. The minimum absolute atomic E-state index is 0. The summed E-state index contributed by atoms with van der Waals surface area (Å²) in [4.78, 5) is 0. The molecule has 0 saturated heterocycles. The molecule has 0 unspecified atom stereocenters. The van der Waals surface area contributed by atoms with Crippen molar-refractivity contribution >= 4 is 0 Å².